The Hall–Kier alpha value is -2.61. The second kappa shape index (κ2) is 6.23. The SMILES string of the molecule is Cc1cnc(CNC(=O)c2cc([N+](=O)[O-])cnc2Cl)cn1. The third-order valence-electron chi connectivity index (χ3n) is 2.54. The zero-order valence-electron chi connectivity index (χ0n) is 10.9. The average molecular weight is 308 g/mol. The predicted molar refractivity (Wildman–Crippen MR) is 73.8 cm³/mol. The normalized spacial score (nSPS) is 10.2. The molecule has 108 valence electrons. The number of carbonyl (C=O) groups is 1. The van der Waals surface area contributed by atoms with Crippen LogP contribution in [-0.4, -0.2) is 25.8 Å². The second-order valence-corrected chi connectivity index (χ2v) is 4.48. The van der Waals surface area contributed by atoms with E-state index in [1.807, 2.05) is 0 Å². The van der Waals surface area contributed by atoms with E-state index in [1.54, 1.807) is 13.1 Å². The molecule has 0 saturated heterocycles. The molecule has 9 heteroatoms. The molecule has 0 radical (unpaired) electrons. The molecule has 0 aromatic carbocycles. The second-order valence-electron chi connectivity index (χ2n) is 4.12. The van der Waals surface area contributed by atoms with Crippen molar-refractivity contribution in [2.75, 3.05) is 0 Å². The number of carbonyl (C=O) groups excluding carboxylic acids is 1. The lowest BCUT2D eigenvalue weighted by Crippen LogP contribution is -2.24. The number of hydrogen-bond donors (Lipinski definition) is 1. The van der Waals surface area contributed by atoms with Crippen molar-refractivity contribution in [3.8, 4) is 0 Å². The monoisotopic (exact) mass is 307 g/mol. The van der Waals surface area contributed by atoms with Crippen LogP contribution < -0.4 is 5.32 Å². The van der Waals surface area contributed by atoms with Gasteiger partial charge in [-0.1, -0.05) is 11.6 Å². The highest BCUT2D eigenvalue weighted by Crippen LogP contribution is 2.18. The van der Waals surface area contributed by atoms with Gasteiger partial charge in [0.2, 0.25) is 0 Å². The molecule has 21 heavy (non-hydrogen) atoms. The molecule has 2 aromatic heterocycles. The van der Waals surface area contributed by atoms with Gasteiger partial charge in [-0.3, -0.25) is 24.9 Å². The minimum atomic E-state index is -0.647. The lowest BCUT2D eigenvalue weighted by Gasteiger charge is -2.06. The van der Waals surface area contributed by atoms with Gasteiger partial charge in [-0.25, -0.2) is 4.98 Å². The molecule has 0 unspecified atom stereocenters. The zero-order valence-corrected chi connectivity index (χ0v) is 11.7. The number of nitro groups is 1. The van der Waals surface area contributed by atoms with Gasteiger partial charge in [0.25, 0.3) is 11.6 Å². The predicted octanol–water partition coefficient (Wildman–Crippen LogP) is 1.67. The van der Waals surface area contributed by atoms with Crippen LogP contribution in [0.2, 0.25) is 5.15 Å². The zero-order chi connectivity index (χ0) is 15.4. The molecule has 0 fully saturated rings. The summed E-state index contributed by atoms with van der Waals surface area (Å²) >= 11 is 5.78. The van der Waals surface area contributed by atoms with Crippen molar-refractivity contribution in [3.63, 3.8) is 0 Å². The minimum absolute atomic E-state index is 0.0639. The number of halogens is 1. The van der Waals surface area contributed by atoms with Gasteiger partial charge in [-0.05, 0) is 6.92 Å². The molecule has 0 saturated carbocycles. The molecule has 0 atom stereocenters. The number of nitrogens with zero attached hydrogens (tertiary/aromatic N) is 4. The maximum atomic E-state index is 12.0. The van der Waals surface area contributed by atoms with Crippen molar-refractivity contribution >= 4 is 23.2 Å². The van der Waals surface area contributed by atoms with Gasteiger partial charge in [-0.2, -0.15) is 0 Å². The highest BCUT2D eigenvalue weighted by molar-refractivity contribution is 6.32. The standard InChI is InChI=1S/C12H10ClN5O3/c1-7-3-15-8(4-14-7)5-17-12(19)10-2-9(18(20)21)6-16-11(10)13/h2-4,6H,5H2,1H3,(H,17,19). The Morgan fingerprint density at radius 3 is 2.71 bits per heavy atom. The fourth-order valence-electron chi connectivity index (χ4n) is 1.47. The van der Waals surface area contributed by atoms with Crippen LogP contribution in [0.4, 0.5) is 5.69 Å². The summed E-state index contributed by atoms with van der Waals surface area (Å²) in [6.07, 6.45) is 4.09. The molecule has 0 aliphatic heterocycles. The van der Waals surface area contributed by atoms with Gasteiger partial charge in [0.05, 0.1) is 34.6 Å². The largest absolute Gasteiger partial charge is 0.346 e. The summed E-state index contributed by atoms with van der Waals surface area (Å²) in [4.78, 5) is 33.7. The van der Waals surface area contributed by atoms with Crippen molar-refractivity contribution in [2.24, 2.45) is 0 Å². The summed E-state index contributed by atoms with van der Waals surface area (Å²) in [5, 5.41) is 13.1. The molecule has 2 heterocycles. The number of pyridine rings is 1. The minimum Gasteiger partial charge on any atom is -0.346 e. The highest BCUT2D eigenvalue weighted by atomic mass is 35.5. The van der Waals surface area contributed by atoms with Crippen molar-refractivity contribution < 1.29 is 9.72 Å². The average Bonchev–Trinajstić information content (AvgIpc) is 2.46. The molecule has 2 aromatic rings. The van der Waals surface area contributed by atoms with E-state index in [2.05, 4.69) is 20.3 Å². The first kappa shape index (κ1) is 14.8. The van der Waals surface area contributed by atoms with E-state index in [0.717, 1.165) is 18.0 Å². The third-order valence-corrected chi connectivity index (χ3v) is 2.85. The van der Waals surface area contributed by atoms with Crippen LogP contribution in [0, 0.1) is 17.0 Å². The van der Waals surface area contributed by atoms with E-state index in [4.69, 9.17) is 11.6 Å². The third kappa shape index (κ3) is 3.69. The number of aryl methyl sites for hydroxylation is 1. The number of hydrogen-bond acceptors (Lipinski definition) is 6. The van der Waals surface area contributed by atoms with Crippen LogP contribution in [0.1, 0.15) is 21.7 Å². The number of aromatic nitrogens is 3. The molecule has 0 spiro atoms. The quantitative estimate of drug-likeness (QED) is 0.522. The smallest absolute Gasteiger partial charge is 0.288 e. The van der Waals surface area contributed by atoms with E-state index in [1.165, 1.54) is 6.20 Å². The Labute approximate surface area is 124 Å². The van der Waals surface area contributed by atoms with Gasteiger partial charge in [0.1, 0.15) is 11.3 Å². The Morgan fingerprint density at radius 1 is 1.33 bits per heavy atom. The lowest BCUT2D eigenvalue weighted by atomic mass is 10.2. The molecule has 8 nitrogen and oxygen atoms in total. The Morgan fingerprint density at radius 2 is 2.10 bits per heavy atom. The first-order valence-electron chi connectivity index (χ1n) is 5.83. The van der Waals surface area contributed by atoms with Gasteiger partial charge in [0, 0.05) is 12.3 Å². The van der Waals surface area contributed by atoms with Crippen molar-refractivity contribution in [3.05, 3.63) is 56.9 Å². The number of nitrogens with one attached hydrogen (secondary N) is 1. The van der Waals surface area contributed by atoms with E-state index in [9.17, 15) is 14.9 Å². The fraction of sp³-hybridized carbons (Fsp3) is 0.167. The first-order chi connectivity index (χ1) is 9.97. The maximum Gasteiger partial charge on any atom is 0.288 e. The fourth-order valence-corrected chi connectivity index (χ4v) is 1.66. The maximum absolute atomic E-state index is 12.0. The van der Waals surface area contributed by atoms with Gasteiger partial charge in [0.15, 0.2) is 0 Å². The van der Waals surface area contributed by atoms with E-state index < -0.39 is 10.8 Å². The highest BCUT2D eigenvalue weighted by Gasteiger charge is 2.17. The van der Waals surface area contributed by atoms with Crippen molar-refractivity contribution in [2.45, 2.75) is 13.5 Å². The van der Waals surface area contributed by atoms with E-state index in [0.29, 0.717) is 5.69 Å². The molecule has 1 amide bonds. The molecule has 0 aliphatic carbocycles. The summed E-state index contributed by atoms with van der Waals surface area (Å²) in [6.45, 7) is 1.93. The van der Waals surface area contributed by atoms with Gasteiger partial charge >= 0.3 is 0 Å². The first-order valence-corrected chi connectivity index (χ1v) is 6.21. The summed E-state index contributed by atoms with van der Waals surface area (Å²) in [5.41, 5.74) is 0.949. The van der Waals surface area contributed by atoms with Crippen LogP contribution in [0.5, 0.6) is 0 Å². The van der Waals surface area contributed by atoms with Crippen molar-refractivity contribution in [1.82, 2.24) is 20.3 Å². The van der Waals surface area contributed by atoms with E-state index in [-0.39, 0.29) is 22.9 Å². The van der Waals surface area contributed by atoms with Crippen LogP contribution >= 0.6 is 11.6 Å². The number of amides is 1. The summed E-state index contributed by atoms with van der Waals surface area (Å²) in [7, 11) is 0. The summed E-state index contributed by atoms with van der Waals surface area (Å²) < 4.78 is 0. The van der Waals surface area contributed by atoms with Crippen LogP contribution in [0.15, 0.2) is 24.7 Å². The Kier molecular flexibility index (Phi) is 4.39. The lowest BCUT2D eigenvalue weighted by molar-refractivity contribution is -0.385. The summed E-state index contributed by atoms with van der Waals surface area (Å²) in [5.74, 6) is -0.571. The Bertz CT molecular complexity index is 690. The van der Waals surface area contributed by atoms with Crippen LogP contribution in [0.25, 0.3) is 0 Å². The molecular weight excluding hydrogens is 298 g/mol. The molecule has 1 N–H and O–H groups in total. The topological polar surface area (TPSA) is 111 Å². The van der Waals surface area contributed by atoms with Gasteiger partial charge in [-0.15, -0.1) is 0 Å². The molecular formula is C12H10ClN5O3. The summed E-state index contributed by atoms with van der Waals surface area (Å²) in [6, 6.07) is 1.07. The molecule has 0 aliphatic rings. The molecule has 0 bridgehead atoms. The van der Waals surface area contributed by atoms with Crippen molar-refractivity contribution in [1.29, 1.82) is 0 Å². The number of rotatable bonds is 4. The van der Waals surface area contributed by atoms with Crippen LogP contribution in [-0.2, 0) is 6.54 Å². The van der Waals surface area contributed by atoms with Crippen LogP contribution in [0.3, 0.4) is 0 Å². The van der Waals surface area contributed by atoms with E-state index >= 15 is 0 Å². The molecule has 2 rings (SSSR count). The Balaban J connectivity index is 2.11. The van der Waals surface area contributed by atoms with Gasteiger partial charge < -0.3 is 5.32 Å².